The van der Waals surface area contributed by atoms with E-state index < -0.39 is 0 Å². The van der Waals surface area contributed by atoms with Gasteiger partial charge >= 0.3 is 0 Å². The maximum absolute atomic E-state index is 13.0. The predicted octanol–water partition coefficient (Wildman–Crippen LogP) is 2.84. The number of halogens is 1. The van der Waals surface area contributed by atoms with Crippen molar-refractivity contribution in [2.45, 2.75) is 6.04 Å². The molecule has 1 N–H and O–H groups in total. The number of nitrogens with zero attached hydrogens (tertiary/aromatic N) is 4. The summed E-state index contributed by atoms with van der Waals surface area (Å²) < 4.78 is 1.84. The fourth-order valence-corrected chi connectivity index (χ4v) is 4.49. The highest BCUT2D eigenvalue weighted by atomic mass is 35.5. The Hall–Kier alpha value is -2.57. The smallest absolute Gasteiger partial charge is 0.263 e. The summed E-state index contributed by atoms with van der Waals surface area (Å²) >= 11 is 6.34. The van der Waals surface area contributed by atoms with E-state index in [-0.39, 0.29) is 11.6 Å². The van der Waals surface area contributed by atoms with Gasteiger partial charge in [-0.05, 0) is 24.3 Å². The largest absolute Gasteiger partial charge is 0.368 e. The predicted molar refractivity (Wildman–Crippen MR) is 114 cm³/mol. The zero-order valence-corrected chi connectivity index (χ0v) is 16.3. The van der Waals surface area contributed by atoms with Crippen molar-refractivity contribution in [1.82, 2.24) is 14.5 Å². The Balaban J connectivity index is 1.31. The van der Waals surface area contributed by atoms with E-state index in [9.17, 15) is 4.79 Å². The molecule has 1 unspecified atom stereocenters. The molecular weight excluding hydrogens is 374 g/mol. The highest BCUT2D eigenvalue weighted by Crippen LogP contribution is 2.27. The summed E-state index contributed by atoms with van der Waals surface area (Å²) in [6.07, 6.45) is 0. The van der Waals surface area contributed by atoms with E-state index in [1.54, 1.807) is 0 Å². The van der Waals surface area contributed by atoms with Crippen LogP contribution in [0, 0.1) is 0 Å². The standard InChI is InChI=1S/C21H22ClN5O/c22-17-6-2-4-8-19(17)26-11-9-25(10-12-26)14-15-13-23-21-24-18-7-3-1-5-16(18)20(28)27(15)21/h1-8,15H,9-14H2,(H,23,24). The molecule has 3 heterocycles. The van der Waals surface area contributed by atoms with E-state index in [4.69, 9.17) is 11.6 Å². The van der Waals surface area contributed by atoms with Gasteiger partial charge in [0.2, 0.25) is 5.95 Å². The molecule has 0 radical (unpaired) electrons. The molecule has 5 rings (SSSR count). The molecule has 6 nitrogen and oxygen atoms in total. The van der Waals surface area contributed by atoms with Crippen LogP contribution in [0.25, 0.3) is 10.9 Å². The van der Waals surface area contributed by atoms with Gasteiger partial charge in [0.25, 0.3) is 5.56 Å². The minimum Gasteiger partial charge on any atom is -0.368 e. The average Bonchev–Trinajstić information content (AvgIpc) is 3.12. The van der Waals surface area contributed by atoms with Crippen LogP contribution in [0.5, 0.6) is 0 Å². The van der Waals surface area contributed by atoms with Gasteiger partial charge in [0.1, 0.15) is 0 Å². The first-order valence-corrected chi connectivity index (χ1v) is 10.1. The van der Waals surface area contributed by atoms with Crippen molar-refractivity contribution < 1.29 is 0 Å². The number of hydrogen-bond acceptors (Lipinski definition) is 5. The summed E-state index contributed by atoms with van der Waals surface area (Å²) in [5, 5.41) is 4.80. The van der Waals surface area contributed by atoms with Gasteiger partial charge in [-0.1, -0.05) is 35.9 Å². The monoisotopic (exact) mass is 395 g/mol. The van der Waals surface area contributed by atoms with Crippen LogP contribution in [0.4, 0.5) is 11.6 Å². The van der Waals surface area contributed by atoms with Crippen molar-refractivity contribution in [2.75, 3.05) is 49.5 Å². The summed E-state index contributed by atoms with van der Waals surface area (Å²) in [6, 6.07) is 15.7. The third kappa shape index (κ3) is 3.02. The van der Waals surface area contributed by atoms with Crippen LogP contribution in [0.15, 0.2) is 53.3 Å². The third-order valence-corrected chi connectivity index (χ3v) is 6.02. The number of aromatic nitrogens is 2. The van der Waals surface area contributed by atoms with Crippen LogP contribution in [0.3, 0.4) is 0 Å². The number of rotatable bonds is 3. The molecule has 2 aromatic carbocycles. The van der Waals surface area contributed by atoms with Crippen molar-refractivity contribution in [1.29, 1.82) is 0 Å². The molecule has 2 aliphatic rings. The molecular formula is C21H22ClN5O. The van der Waals surface area contributed by atoms with Crippen LogP contribution in [0.1, 0.15) is 6.04 Å². The number of benzene rings is 2. The lowest BCUT2D eigenvalue weighted by atomic mass is 10.2. The van der Waals surface area contributed by atoms with E-state index in [0.29, 0.717) is 11.3 Å². The van der Waals surface area contributed by atoms with E-state index in [0.717, 1.165) is 55.5 Å². The summed E-state index contributed by atoms with van der Waals surface area (Å²) in [5.41, 5.74) is 1.90. The lowest BCUT2D eigenvalue weighted by molar-refractivity contribution is 0.227. The highest BCUT2D eigenvalue weighted by Gasteiger charge is 2.28. The fraction of sp³-hybridized carbons (Fsp3) is 0.333. The van der Waals surface area contributed by atoms with Gasteiger partial charge in [0, 0.05) is 39.3 Å². The van der Waals surface area contributed by atoms with Gasteiger partial charge in [-0.2, -0.15) is 0 Å². The molecule has 2 aliphatic heterocycles. The Labute approximate surface area is 168 Å². The van der Waals surface area contributed by atoms with Gasteiger partial charge in [-0.3, -0.25) is 14.3 Å². The second-order valence-electron chi connectivity index (χ2n) is 7.40. The van der Waals surface area contributed by atoms with Crippen molar-refractivity contribution in [2.24, 2.45) is 0 Å². The molecule has 3 aromatic rings. The maximum atomic E-state index is 13.0. The van der Waals surface area contributed by atoms with Gasteiger partial charge in [0.05, 0.1) is 27.7 Å². The Morgan fingerprint density at radius 2 is 1.79 bits per heavy atom. The van der Waals surface area contributed by atoms with Gasteiger partial charge in [0.15, 0.2) is 0 Å². The van der Waals surface area contributed by atoms with Crippen LogP contribution in [0.2, 0.25) is 5.02 Å². The van der Waals surface area contributed by atoms with Gasteiger partial charge in [-0.25, -0.2) is 4.98 Å². The molecule has 1 atom stereocenters. The molecule has 7 heteroatoms. The molecule has 1 saturated heterocycles. The number of para-hydroxylation sites is 2. The minimum absolute atomic E-state index is 0.0466. The summed E-state index contributed by atoms with van der Waals surface area (Å²) in [6.45, 7) is 5.35. The third-order valence-electron chi connectivity index (χ3n) is 5.70. The van der Waals surface area contributed by atoms with Crippen LogP contribution in [-0.4, -0.2) is 53.7 Å². The lowest BCUT2D eigenvalue weighted by Crippen LogP contribution is -2.48. The van der Waals surface area contributed by atoms with E-state index in [2.05, 4.69) is 26.2 Å². The van der Waals surface area contributed by atoms with Crippen molar-refractivity contribution in [3.63, 3.8) is 0 Å². The first-order chi connectivity index (χ1) is 13.7. The maximum Gasteiger partial charge on any atom is 0.263 e. The molecule has 28 heavy (non-hydrogen) atoms. The minimum atomic E-state index is 0.0466. The quantitative estimate of drug-likeness (QED) is 0.739. The molecule has 0 amide bonds. The van der Waals surface area contributed by atoms with Crippen LogP contribution < -0.4 is 15.8 Å². The second kappa shape index (κ2) is 7.11. The number of piperazine rings is 1. The first kappa shape index (κ1) is 17.5. The molecule has 1 fully saturated rings. The second-order valence-corrected chi connectivity index (χ2v) is 7.81. The van der Waals surface area contributed by atoms with Crippen LogP contribution in [-0.2, 0) is 0 Å². The van der Waals surface area contributed by atoms with E-state index >= 15 is 0 Å². The normalized spacial score (nSPS) is 19.6. The SMILES string of the molecule is O=c1c2ccccc2nc2n1C(CN1CCN(c3ccccc3Cl)CC1)CN2. The highest BCUT2D eigenvalue weighted by molar-refractivity contribution is 6.33. The van der Waals surface area contributed by atoms with E-state index in [1.165, 1.54) is 0 Å². The zero-order valence-electron chi connectivity index (χ0n) is 15.5. The number of hydrogen-bond donors (Lipinski definition) is 1. The topological polar surface area (TPSA) is 53.4 Å². The van der Waals surface area contributed by atoms with Crippen molar-refractivity contribution in [3.05, 3.63) is 63.9 Å². The Morgan fingerprint density at radius 1 is 1.04 bits per heavy atom. The van der Waals surface area contributed by atoms with Crippen molar-refractivity contribution >= 4 is 34.1 Å². The molecule has 144 valence electrons. The fourth-order valence-electron chi connectivity index (χ4n) is 4.23. The lowest BCUT2D eigenvalue weighted by Gasteiger charge is -2.37. The zero-order chi connectivity index (χ0) is 19.1. The average molecular weight is 396 g/mol. The Morgan fingerprint density at radius 3 is 2.61 bits per heavy atom. The van der Waals surface area contributed by atoms with Gasteiger partial charge < -0.3 is 10.2 Å². The summed E-state index contributed by atoms with van der Waals surface area (Å²) in [7, 11) is 0. The summed E-state index contributed by atoms with van der Waals surface area (Å²) in [5.74, 6) is 0.684. The van der Waals surface area contributed by atoms with Gasteiger partial charge in [-0.15, -0.1) is 0 Å². The van der Waals surface area contributed by atoms with E-state index in [1.807, 2.05) is 47.0 Å². The first-order valence-electron chi connectivity index (χ1n) is 9.68. The Kier molecular flexibility index (Phi) is 4.45. The number of anilines is 2. The summed E-state index contributed by atoms with van der Waals surface area (Å²) in [4.78, 5) is 22.4. The molecule has 0 aliphatic carbocycles. The molecule has 0 spiro atoms. The molecule has 0 bridgehead atoms. The number of nitrogens with one attached hydrogen (secondary N) is 1. The Bertz CT molecular complexity index is 1070. The number of fused-ring (bicyclic) bond motifs is 2. The van der Waals surface area contributed by atoms with Crippen molar-refractivity contribution in [3.8, 4) is 0 Å². The molecule has 1 aromatic heterocycles. The molecule has 0 saturated carbocycles. The van der Waals surface area contributed by atoms with Crippen LogP contribution >= 0.6 is 11.6 Å².